The van der Waals surface area contributed by atoms with Gasteiger partial charge in [0.05, 0.1) is 5.69 Å². The molecule has 0 spiro atoms. The van der Waals surface area contributed by atoms with Gasteiger partial charge in [0.2, 0.25) is 12.2 Å². The fourth-order valence-corrected chi connectivity index (χ4v) is 0.645. The highest BCUT2D eigenvalue weighted by Crippen LogP contribution is 1.90. The molecule has 0 atom stereocenters. The third-order valence-electron chi connectivity index (χ3n) is 1.12. The van der Waals surface area contributed by atoms with Crippen LogP contribution >= 0.6 is 0 Å². The summed E-state index contributed by atoms with van der Waals surface area (Å²) in [5, 5.41) is 12.1. The minimum atomic E-state index is 0.0839. The predicted molar refractivity (Wildman–Crippen MR) is 39.6 cm³/mol. The van der Waals surface area contributed by atoms with Gasteiger partial charge in [-0.25, -0.2) is 4.68 Å². The second-order valence-electron chi connectivity index (χ2n) is 1.97. The molecule has 2 N–H and O–H groups in total. The number of aliphatic imine (C=N–C) groups is 1. The van der Waals surface area contributed by atoms with Crippen LogP contribution in [0.15, 0.2) is 17.3 Å². The second-order valence-corrected chi connectivity index (χ2v) is 1.97. The van der Waals surface area contributed by atoms with Crippen LogP contribution in [0, 0.1) is 18.4 Å². The highest BCUT2D eigenvalue weighted by molar-refractivity contribution is 5.80. The summed E-state index contributed by atoms with van der Waals surface area (Å²) in [5.41, 5.74) is 6.18. The molecule has 0 radical (unpaired) electrons. The summed E-state index contributed by atoms with van der Waals surface area (Å²) in [4.78, 5) is 3.31. The zero-order chi connectivity index (χ0) is 8.27. The van der Waals surface area contributed by atoms with Crippen LogP contribution in [0.2, 0.25) is 0 Å². The topological polar surface area (TPSA) is 80.0 Å². The molecule has 5 nitrogen and oxygen atoms in total. The fraction of sp³-hybridized carbons (Fsp3) is 0.167. The number of nitriles is 1. The molecule has 1 aromatic heterocycles. The molecule has 1 heterocycles. The Bertz CT molecular complexity index is 316. The lowest BCUT2D eigenvalue weighted by Crippen LogP contribution is -2.22. The zero-order valence-corrected chi connectivity index (χ0v) is 6.02. The molecule has 1 aromatic rings. The van der Waals surface area contributed by atoms with Crippen LogP contribution in [0.5, 0.6) is 0 Å². The molecule has 0 saturated heterocycles. The van der Waals surface area contributed by atoms with Crippen molar-refractivity contribution in [2.75, 3.05) is 0 Å². The van der Waals surface area contributed by atoms with Gasteiger partial charge in [-0.15, -0.1) is 4.99 Å². The molecule has 0 aliphatic heterocycles. The summed E-state index contributed by atoms with van der Waals surface area (Å²) in [6.07, 6.45) is 3.22. The van der Waals surface area contributed by atoms with E-state index in [9.17, 15) is 0 Å². The number of hydrogen-bond donors (Lipinski definition) is 1. The van der Waals surface area contributed by atoms with Crippen molar-refractivity contribution in [2.24, 2.45) is 10.7 Å². The molecule has 0 aliphatic carbocycles. The molecule has 56 valence electrons. The molecule has 1 rings (SSSR count). The largest absolute Gasteiger partial charge is 0.367 e. The zero-order valence-electron chi connectivity index (χ0n) is 6.02. The lowest BCUT2D eigenvalue weighted by Gasteiger charge is -1.93. The summed E-state index contributed by atoms with van der Waals surface area (Å²) in [7, 11) is 0. The minimum absolute atomic E-state index is 0.0839. The first-order valence-corrected chi connectivity index (χ1v) is 2.99. The Morgan fingerprint density at radius 1 is 1.91 bits per heavy atom. The van der Waals surface area contributed by atoms with Gasteiger partial charge in [-0.05, 0) is 13.0 Å². The van der Waals surface area contributed by atoms with Crippen LogP contribution in [-0.2, 0) is 0 Å². The van der Waals surface area contributed by atoms with Gasteiger partial charge in [0.1, 0.15) is 0 Å². The van der Waals surface area contributed by atoms with Crippen LogP contribution < -0.4 is 5.73 Å². The van der Waals surface area contributed by atoms with Crippen molar-refractivity contribution in [3.05, 3.63) is 18.0 Å². The Hall–Kier alpha value is -1.83. The van der Waals surface area contributed by atoms with Gasteiger partial charge in [-0.3, -0.25) is 0 Å². The molecule has 0 amide bonds. The van der Waals surface area contributed by atoms with Gasteiger partial charge >= 0.3 is 0 Å². The Kier molecular flexibility index (Phi) is 1.88. The summed E-state index contributed by atoms with van der Waals surface area (Å²) >= 11 is 0. The first-order chi connectivity index (χ1) is 5.24. The van der Waals surface area contributed by atoms with E-state index < -0.39 is 0 Å². The number of hydrogen-bond acceptors (Lipinski definition) is 3. The van der Waals surface area contributed by atoms with Gasteiger partial charge in [0.15, 0.2) is 0 Å². The molecule has 0 fully saturated rings. The van der Waals surface area contributed by atoms with Crippen LogP contribution in [0.1, 0.15) is 5.69 Å². The molecule has 0 bridgehead atoms. The van der Waals surface area contributed by atoms with Crippen molar-refractivity contribution in [1.82, 2.24) is 9.78 Å². The SMILES string of the molecule is Cc1ccn(C(N)=NC#N)n1. The van der Waals surface area contributed by atoms with E-state index in [1.165, 1.54) is 4.68 Å². The number of nitrogens with two attached hydrogens (primary N) is 1. The van der Waals surface area contributed by atoms with Crippen molar-refractivity contribution in [1.29, 1.82) is 5.26 Å². The predicted octanol–water partition coefficient (Wildman–Crippen LogP) is -0.165. The molecule has 5 heteroatoms. The van der Waals surface area contributed by atoms with Crippen molar-refractivity contribution in [2.45, 2.75) is 6.92 Å². The maximum atomic E-state index is 8.15. The van der Waals surface area contributed by atoms with Gasteiger partial charge in [0.25, 0.3) is 0 Å². The highest BCUT2D eigenvalue weighted by atomic mass is 15.3. The smallest absolute Gasteiger partial charge is 0.232 e. The highest BCUT2D eigenvalue weighted by Gasteiger charge is 1.96. The Labute approximate surface area is 63.8 Å². The first-order valence-electron chi connectivity index (χ1n) is 2.99. The minimum Gasteiger partial charge on any atom is -0.367 e. The number of aryl methyl sites for hydroxylation is 1. The van der Waals surface area contributed by atoms with Crippen LogP contribution in [0.4, 0.5) is 0 Å². The van der Waals surface area contributed by atoms with Crippen molar-refractivity contribution in [3.8, 4) is 6.19 Å². The average molecular weight is 149 g/mol. The maximum absolute atomic E-state index is 8.15. The standard InChI is InChI=1S/C6H7N5/c1-5-2-3-11(10-5)6(8)9-4-7/h2-3H,1H3,(H2,8,9). The fourth-order valence-electron chi connectivity index (χ4n) is 0.645. The molecular weight excluding hydrogens is 142 g/mol. The maximum Gasteiger partial charge on any atom is 0.232 e. The van der Waals surface area contributed by atoms with E-state index in [-0.39, 0.29) is 5.96 Å². The van der Waals surface area contributed by atoms with Crippen molar-refractivity contribution < 1.29 is 0 Å². The molecule has 0 aromatic carbocycles. The third kappa shape index (κ3) is 1.55. The van der Waals surface area contributed by atoms with E-state index in [1.54, 1.807) is 18.5 Å². The van der Waals surface area contributed by atoms with Crippen LogP contribution in [-0.4, -0.2) is 15.7 Å². The van der Waals surface area contributed by atoms with E-state index in [1.807, 2.05) is 6.92 Å². The third-order valence-corrected chi connectivity index (χ3v) is 1.12. The Morgan fingerprint density at radius 3 is 3.09 bits per heavy atom. The number of nitrogens with zero attached hydrogens (tertiary/aromatic N) is 4. The number of rotatable bonds is 0. The van der Waals surface area contributed by atoms with Gasteiger partial charge in [-0.1, -0.05) is 0 Å². The normalized spacial score (nSPS) is 11.1. The Morgan fingerprint density at radius 2 is 2.64 bits per heavy atom. The van der Waals surface area contributed by atoms with Crippen LogP contribution in [0.25, 0.3) is 0 Å². The van der Waals surface area contributed by atoms with E-state index in [2.05, 4.69) is 10.1 Å². The lowest BCUT2D eigenvalue weighted by atomic mass is 10.5. The Balaban J connectivity index is 2.95. The summed E-state index contributed by atoms with van der Waals surface area (Å²) in [5.74, 6) is 0.0839. The molecular formula is C6H7N5. The summed E-state index contributed by atoms with van der Waals surface area (Å²) in [6, 6.07) is 1.78. The monoisotopic (exact) mass is 149 g/mol. The molecule has 0 unspecified atom stereocenters. The summed E-state index contributed by atoms with van der Waals surface area (Å²) < 4.78 is 1.35. The average Bonchev–Trinajstić information content (AvgIpc) is 2.36. The van der Waals surface area contributed by atoms with Crippen molar-refractivity contribution >= 4 is 5.96 Å². The van der Waals surface area contributed by atoms with E-state index >= 15 is 0 Å². The van der Waals surface area contributed by atoms with E-state index in [0.29, 0.717) is 0 Å². The van der Waals surface area contributed by atoms with E-state index in [0.717, 1.165) is 5.69 Å². The second kappa shape index (κ2) is 2.84. The van der Waals surface area contributed by atoms with E-state index in [4.69, 9.17) is 11.0 Å². The number of aromatic nitrogens is 2. The quantitative estimate of drug-likeness (QED) is 0.316. The first kappa shape index (κ1) is 7.28. The van der Waals surface area contributed by atoms with Crippen LogP contribution in [0.3, 0.4) is 0 Å². The van der Waals surface area contributed by atoms with Gasteiger partial charge in [0, 0.05) is 6.20 Å². The molecule has 11 heavy (non-hydrogen) atoms. The molecule has 0 saturated carbocycles. The lowest BCUT2D eigenvalue weighted by molar-refractivity contribution is 0.900. The van der Waals surface area contributed by atoms with Gasteiger partial charge in [-0.2, -0.15) is 10.4 Å². The summed E-state index contributed by atoms with van der Waals surface area (Å²) in [6.45, 7) is 1.83. The van der Waals surface area contributed by atoms with Gasteiger partial charge < -0.3 is 5.73 Å². The molecule has 0 aliphatic rings. The van der Waals surface area contributed by atoms with Crippen molar-refractivity contribution in [3.63, 3.8) is 0 Å².